The lowest BCUT2D eigenvalue weighted by molar-refractivity contribution is 0.122. The molecule has 0 aliphatic carbocycles. The smallest absolute Gasteiger partial charge is 0.266 e. The van der Waals surface area contributed by atoms with E-state index in [1.54, 1.807) is 12.1 Å². The van der Waals surface area contributed by atoms with Crippen LogP contribution in [-0.2, 0) is 13.1 Å². The predicted octanol–water partition coefficient (Wildman–Crippen LogP) is 1.65. The highest BCUT2D eigenvalue weighted by Crippen LogP contribution is 2.12. The van der Waals surface area contributed by atoms with Crippen LogP contribution in [0.3, 0.4) is 0 Å². The minimum Gasteiger partial charge on any atom is -0.299 e. The normalized spacial score (nSPS) is 16.3. The van der Waals surface area contributed by atoms with Crippen LogP contribution in [0.15, 0.2) is 35.1 Å². The summed E-state index contributed by atoms with van der Waals surface area (Å²) in [5.74, 6) is -1.07. The summed E-state index contributed by atoms with van der Waals surface area (Å²) in [5.41, 5.74) is 1.39. The minimum atomic E-state index is -0.537. The van der Waals surface area contributed by atoms with Crippen LogP contribution >= 0.6 is 0 Å². The molecule has 0 radical (unpaired) electrons. The maximum Gasteiger partial charge on any atom is 0.266 e. The van der Waals surface area contributed by atoms with Crippen molar-refractivity contribution in [2.75, 3.05) is 32.7 Å². The van der Waals surface area contributed by atoms with Gasteiger partial charge in [-0.05, 0) is 30.7 Å². The fraction of sp³-hybridized carbons (Fsp3) is 0.444. The van der Waals surface area contributed by atoms with Gasteiger partial charge in [-0.15, -0.1) is 0 Å². The van der Waals surface area contributed by atoms with E-state index in [-0.39, 0.29) is 5.56 Å². The van der Waals surface area contributed by atoms with E-state index in [4.69, 9.17) is 0 Å². The van der Waals surface area contributed by atoms with Crippen molar-refractivity contribution in [1.82, 2.24) is 19.6 Å². The van der Waals surface area contributed by atoms with Gasteiger partial charge in [0.2, 0.25) is 0 Å². The molecule has 5 nitrogen and oxygen atoms in total. The molecule has 1 saturated heterocycles. The molecule has 0 spiro atoms. The number of piperazine rings is 1. The number of benzene rings is 1. The highest BCUT2D eigenvalue weighted by molar-refractivity contribution is 5.17. The van der Waals surface area contributed by atoms with Gasteiger partial charge in [-0.25, -0.2) is 13.5 Å². The maximum absolute atomic E-state index is 13.3. The van der Waals surface area contributed by atoms with Gasteiger partial charge >= 0.3 is 0 Å². The second kappa shape index (κ2) is 7.84. The van der Waals surface area contributed by atoms with Gasteiger partial charge in [0.15, 0.2) is 0 Å². The van der Waals surface area contributed by atoms with Crippen LogP contribution in [0.2, 0.25) is 0 Å². The first kappa shape index (κ1) is 17.7. The Balaban J connectivity index is 1.48. The molecular formula is C18H22F2N4O. The summed E-state index contributed by atoms with van der Waals surface area (Å²) in [6.07, 6.45) is 0. The van der Waals surface area contributed by atoms with Gasteiger partial charge in [-0.2, -0.15) is 5.10 Å². The Morgan fingerprint density at radius 3 is 2.28 bits per heavy atom. The summed E-state index contributed by atoms with van der Waals surface area (Å²) >= 11 is 0. The van der Waals surface area contributed by atoms with Gasteiger partial charge < -0.3 is 0 Å². The Labute approximate surface area is 145 Å². The lowest BCUT2D eigenvalue weighted by Crippen LogP contribution is -2.47. The number of rotatable bonds is 5. The summed E-state index contributed by atoms with van der Waals surface area (Å²) in [6.45, 7) is 7.11. The zero-order chi connectivity index (χ0) is 17.8. The third-order valence-electron chi connectivity index (χ3n) is 4.42. The molecule has 0 saturated carbocycles. The molecule has 0 bridgehead atoms. The molecule has 0 amide bonds. The molecule has 1 aliphatic rings. The standard InChI is InChI=1S/C18H22F2N4O/c1-14-2-3-18(25)24(21-14)9-8-22-4-6-23(7-5-22)13-15-10-16(19)12-17(20)11-15/h2-3,10-12H,4-9,13H2,1H3. The van der Waals surface area contributed by atoms with Crippen molar-refractivity contribution >= 4 is 0 Å². The Hall–Kier alpha value is -2.12. The topological polar surface area (TPSA) is 41.4 Å². The summed E-state index contributed by atoms with van der Waals surface area (Å²) in [5, 5.41) is 4.24. The second-order valence-electron chi connectivity index (χ2n) is 6.43. The van der Waals surface area contributed by atoms with Crippen LogP contribution in [-0.4, -0.2) is 52.3 Å². The molecule has 0 atom stereocenters. The molecule has 25 heavy (non-hydrogen) atoms. The van der Waals surface area contributed by atoms with E-state index in [1.807, 2.05) is 6.92 Å². The number of aryl methyl sites for hydroxylation is 1. The summed E-state index contributed by atoms with van der Waals surface area (Å²) < 4.78 is 28.0. The Kier molecular flexibility index (Phi) is 5.55. The molecule has 1 fully saturated rings. The first-order valence-corrected chi connectivity index (χ1v) is 8.44. The molecule has 2 aromatic rings. The fourth-order valence-corrected chi connectivity index (χ4v) is 3.08. The van der Waals surface area contributed by atoms with Crippen LogP contribution in [0.4, 0.5) is 8.78 Å². The van der Waals surface area contributed by atoms with E-state index in [0.717, 1.165) is 44.5 Å². The first-order chi connectivity index (χ1) is 12.0. The molecular weight excluding hydrogens is 326 g/mol. The molecule has 1 aromatic heterocycles. The second-order valence-corrected chi connectivity index (χ2v) is 6.43. The van der Waals surface area contributed by atoms with Gasteiger partial charge in [-0.1, -0.05) is 0 Å². The largest absolute Gasteiger partial charge is 0.299 e. The Bertz CT molecular complexity index is 765. The van der Waals surface area contributed by atoms with Crippen molar-refractivity contribution in [2.24, 2.45) is 0 Å². The lowest BCUT2D eigenvalue weighted by atomic mass is 10.2. The van der Waals surface area contributed by atoms with Crippen molar-refractivity contribution in [3.63, 3.8) is 0 Å². The van der Waals surface area contributed by atoms with Crippen molar-refractivity contribution in [2.45, 2.75) is 20.0 Å². The summed E-state index contributed by atoms with van der Waals surface area (Å²) in [7, 11) is 0. The molecule has 7 heteroatoms. The van der Waals surface area contributed by atoms with Crippen molar-refractivity contribution < 1.29 is 8.78 Å². The van der Waals surface area contributed by atoms with E-state index in [2.05, 4.69) is 14.9 Å². The van der Waals surface area contributed by atoms with Crippen LogP contribution in [0, 0.1) is 18.6 Å². The number of halogens is 2. The number of nitrogens with zero attached hydrogens (tertiary/aromatic N) is 4. The van der Waals surface area contributed by atoms with Crippen LogP contribution in [0.1, 0.15) is 11.3 Å². The predicted molar refractivity (Wildman–Crippen MR) is 91.3 cm³/mol. The SMILES string of the molecule is Cc1ccc(=O)n(CCN2CCN(Cc3cc(F)cc(F)c3)CC2)n1. The Morgan fingerprint density at radius 2 is 1.60 bits per heavy atom. The van der Waals surface area contributed by atoms with Gasteiger partial charge in [0.05, 0.1) is 12.2 Å². The zero-order valence-corrected chi connectivity index (χ0v) is 14.3. The average Bonchev–Trinajstić information content (AvgIpc) is 2.56. The first-order valence-electron chi connectivity index (χ1n) is 8.44. The molecule has 134 valence electrons. The van der Waals surface area contributed by atoms with Gasteiger partial charge in [0.1, 0.15) is 11.6 Å². The van der Waals surface area contributed by atoms with Gasteiger partial charge in [0, 0.05) is 51.4 Å². The number of hydrogen-bond donors (Lipinski definition) is 0. The van der Waals surface area contributed by atoms with Crippen LogP contribution < -0.4 is 5.56 Å². The molecule has 0 unspecified atom stereocenters. The third-order valence-corrected chi connectivity index (χ3v) is 4.42. The molecule has 1 aromatic carbocycles. The van der Waals surface area contributed by atoms with E-state index < -0.39 is 11.6 Å². The zero-order valence-electron chi connectivity index (χ0n) is 14.3. The van der Waals surface area contributed by atoms with E-state index in [1.165, 1.54) is 16.8 Å². The average molecular weight is 348 g/mol. The van der Waals surface area contributed by atoms with E-state index >= 15 is 0 Å². The Morgan fingerprint density at radius 1 is 0.960 bits per heavy atom. The number of aromatic nitrogens is 2. The quantitative estimate of drug-likeness (QED) is 0.824. The van der Waals surface area contributed by atoms with Crippen LogP contribution in [0.25, 0.3) is 0 Å². The summed E-state index contributed by atoms with van der Waals surface area (Å²) in [6, 6.07) is 6.91. The molecule has 2 heterocycles. The lowest BCUT2D eigenvalue weighted by Gasteiger charge is -2.34. The molecule has 0 N–H and O–H groups in total. The number of hydrogen-bond acceptors (Lipinski definition) is 4. The van der Waals surface area contributed by atoms with Gasteiger partial charge in [0.25, 0.3) is 5.56 Å². The summed E-state index contributed by atoms with van der Waals surface area (Å²) in [4.78, 5) is 16.2. The highest BCUT2D eigenvalue weighted by atomic mass is 19.1. The van der Waals surface area contributed by atoms with E-state index in [0.29, 0.717) is 18.7 Å². The highest BCUT2D eigenvalue weighted by Gasteiger charge is 2.17. The molecule has 3 rings (SSSR count). The van der Waals surface area contributed by atoms with Crippen molar-refractivity contribution in [3.05, 3.63) is 63.6 Å². The van der Waals surface area contributed by atoms with Crippen LogP contribution in [0.5, 0.6) is 0 Å². The maximum atomic E-state index is 13.3. The van der Waals surface area contributed by atoms with Gasteiger partial charge in [-0.3, -0.25) is 14.6 Å². The minimum absolute atomic E-state index is 0.0858. The third kappa shape index (κ3) is 4.93. The van der Waals surface area contributed by atoms with Crippen molar-refractivity contribution in [1.29, 1.82) is 0 Å². The van der Waals surface area contributed by atoms with E-state index in [9.17, 15) is 13.6 Å². The monoisotopic (exact) mass is 348 g/mol. The van der Waals surface area contributed by atoms with Crippen molar-refractivity contribution in [3.8, 4) is 0 Å². The molecule has 1 aliphatic heterocycles. The fourth-order valence-electron chi connectivity index (χ4n) is 3.08.